The molecule has 6 heteroatoms. The average Bonchev–Trinajstić information content (AvgIpc) is 2.57. The molecule has 1 heterocycles. The third kappa shape index (κ3) is 5.61. The van der Waals surface area contributed by atoms with Gasteiger partial charge in [-0.05, 0) is 41.5 Å². The largest absolute Gasteiger partial charge is 0.444 e. The number of aromatic amines is 1. The van der Waals surface area contributed by atoms with E-state index in [1.165, 1.54) is 5.56 Å². The van der Waals surface area contributed by atoms with Gasteiger partial charge in [0.2, 0.25) is 0 Å². The summed E-state index contributed by atoms with van der Waals surface area (Å²) in [6.07, 6.45) is -0.387. The Labute approximate surface area is 120 Å². The Morgan fingerprint density at radius 3 is 2.55 bits per heavy atom. The Morgan fingerprint density at radius 2 is 2.05 bits per heavy atom. The molecule has 1 unspecified atom stereocenters. The van der Waals surface area contributed by atoms with Crippen LogP contribution in [0.3, 0.4) is 0 Å². The summed E-state index contributed by atoms with van der Waals surface area (Å²) in [5.74, 6) is 0. The van der Waals surface area contributed by atoms with Crippen molar-refractivity contribution < 1.29 is 9.53 Å². The number of carbonyl (C=O) groups excluding carboxylic acids is 1. The predicted octanol–water partition coefficient (Wildman–Crippen LogP) is 2.03. The van der Waals surface area contributed by atoms with E-state index >= 15 is 0 Å². The molecule has 1 rings (SSSR count). The summed E-state index contributed by atoms with van der Waals surface area (Å²) in [4.78, 5) is 11.6. The summed E-state index contributed by atoms with van der Waals surface area (Å²) < 4.78 is 5.21. The topological polar surface area (TPSA) is 79.0 Å². The van der Waals surface area contributed by atoms with Gasteiger partial charge in [0.1, 0.15) is 5.60 Å². The third-order valence-corrected chi connectivity index (χ3v) is 2.80. The molecule has 1 aromatic rings. The minimum Gasteiger partial charge on any atom is -0.444 e. The van der Waals surface area contributed by atoms with E-state index in [-0.39, 0.29) is 12.1 Å². The van der Waals surface area contributed by atoms with Gasteiger partial charge in [-0.25, -0.2) is 4.79 Å². The maximum absolute atomic E-state index is 11.6. The second-order valence-electron chi connectivity index (χ2n) is 6.09. The highest BCUT2D eigenvalue weighted by molar-refractivity contribution is 5.68. The van der Waals surface area contributed by atoms with Crippen molar-refractivity contribution in [3.05, 3.63) is 17.0 Å². The van der Waals surface area contributed by atoms with Crippen molar-refractivity contribution in [2.45, 2.75) is 59.7 Å². The van der Waals surface area contributed by atoms with E-state index in [0.29, 0.717) is 6.54 Å². The number of ether oxygens (including phenoxy) is 1. The molecule has 0 bridgehead atoms. The van der Waals surface area contributed by atoms with Crippen LogP contribution in [-0.2, 0) is 11.3 Å². The highest BCUT2D eigenvalue weighted by atomic mass is 16.6. The molecule has 0 aromatic carbocycles. The van der Waals surface area contributed by atoms with Crippen molar-refractivity contribution in [1.82, 2.24) is 20.8 Å². The molecule has 1 aromatic heterocycles. The molecule has 0 aliphatic rings. The summed E-state index contributed by atoms with van der Waals surface area (Å²) in [5.41, 5.74) is 2.78. The number of hydrogen-bond acceptors (Lipinski definition) is 4. The van der Waals surface area contributed by atoms with E-state index < -0.39 is 5.60 Å². The fraction of sp³-hybridized carbons (Fsp3) is 0.714. The smallest absolute Gasteiger partial charge is 0.407 e. The number of aromatic nitrogens is 2. The first-order chi connectivity index (χ1) is 9.19. The summed E-state index contributed by atoms with van der Waals surface area (Å²) in [7, 11) is 0. The highest BCUT2D eigenvalue weighted by Crippen LogP contribution is 2.08. The van der Waals surface area contributed by atoms with Gasteiger partial charge in [-0.3, -0.25) is 5.10 Å². The standard InChI is InChI=1S/C14H26N4O2/c1-9(16-13(19)20-14(4,5)6)7-15-8-12-10(2)17-18-11(12)3/h9,15H,7-8H2,1-6H3,(H,16,19)(H,17,18). The summed E-state index contributed by atoms with van der Waals surface area (Å²) >= 11 is 0. The third-order valence-electron chi connectivity index (χ3n) is 2.80. The molecular formula is C14H26N4O2. The molecule has 0 spiro atoms. The first-order valence-electron chi connectivity index (χ1n) is 6.89. The molecule has 20 heavy (non-hydrogen) atoms. The van der Waals surface area contributed by atoms with E-state index in [2.05, 4.69) is 20.8 Å². The number of rotatable bonds is 5. The molecule has 0 saturated carbocycles. The van der Waals surface area contributed by atoms with E-state index in [4.69, 9.17) is 4.74 Å². The monoisotopic (exact) mass is 282 g/mol. The van der Waals surface area contributed by atoms with Gasteiger partial charge in [0.25, 0.3) is 0 Å². The van der Waals surface area contributed by atoms with Crippen molar-refractivity contribution in [3.63, 3.8) is 0 Å². The van der Waals surface area contributed by atoms with E-state index in [0.717, 1.165) is 17.9 Å². The van der Waals surface area contributed by atoms with Crippen LogP contribution in [0.1, 0.15) is 44.6 Å². The molecule has 1 amide bonds. The van der Waals surface area contributed by atoms with Gasteiger partial charge in [-0.15, -0.1) is 0 Å². The molecule has 0 fully saturated rings. The Kier molecular flexibility index (Phi) is 5.56. The van der Waals surface area contributed by atoms with Crippen LogP contribution in [-0.4, -0.2) is 34.5 Å². The molecule has 0 aliphatic heterocycles. The highest BCUT2D eigenvalue weighted by Gasteiger charge is 2.17. The normalized spacial score (nSPS) is 13.1. The lowest BCUT2D eigenvalue weighted by Gasteiger charge is -2.22. The van der Waals surface area contributed by atoms with Crippen LogP contribution in [0.4, 0.5) is 4.79 Å². The first-order valence-corrected chi connectivity index (χ1v) is 6.89. The second-order valence-corrected chi connectivity index (χ2v) is 6.09. The minimum atomic E-state index is -0.470. The van der Waals surface area contributed by atoms with Crippen LogP contribution in [0.2, 0.25) is 0 Å². The summed E-state index contributed by atoms with van der Waals surface area (Å²) in [5, 5.41) is 13.2. The number of carbonyl (C=O) groups is 1. The van der Waals surface area contributed by atoms with Gasteiger partial charge in [-0.2, -0.15) is 5.10 Å². The molecule has 0 saturated heterocycles. The maximum atomic E-state index is 11.6. The van der Waals surface area contributed by atoms with Gasteiger partial charge in [-0.1, -0.05) is 0 Å². The minimum absolute atomic E-state index is 0.00244. The van der Waals surface area contributed by atoms with Crippen LogP contribution in [0.15, 0.2) is 0 Å². The molecular weight excluding hydrogens is 256 g/mol. The lowest BCUT2D eigenvalue weighted by atomic mass is 10.2. The number of nitrogens with one attached hydrogen (secondary N) is 3. The van der Waals surface area contributed by atoms with E-state index in [1.54, 1.807) is 0 Å². The molecule has 3 N–H and O–H groups in total. The summed E-state index contributed by atoms with van der Waals surface area (Å²) in [6.45, 7) is 12.9. The van der Waals surface area contributed by atoms with E-state index in [1.807, 2.05) is 41.5 Å². The zero-order valence-electron chi connectivity index (χ0n) is 13.3. The second kappa shape index (κ2) is 6.74. The SMILES string of the molecule is Cc1n[nH]c(C)c1CNCC(C)NC(=O)OC(C)(C)C. The number of aryl methyl sites for hydroxylation is 2. The van der Waals surface area contributed by atoms with Crippen molar-refractivity contribution in [2.24, 2.45) is 0 Å². The first kappa shape index (κ1) is 16.5. The Hall–Kier alpha value is -1.56. The van der Waals surface area contributed by atoms with Crippen molar-refractivity contribution in [3.8, 4) is 0 Å². The van der Waals surface area contributed by atoms with Crippen molar-refractivity contribution in [2.75, 3.05) is 6.54 Å². The maximum Gasteiger partial charge on any atom is 0.407 e. The predicted molar refractivity (Wildman–Crippen MR) is 78.6 cm³/mol. The Balaban J connectivity index is 2.30. The summed E-state index contributed by atoms with van der Waals surface area (Å²) in [6, 6.07) is -0.00244. The Bertz CT molecular complexity index is 429. The molecule has 6 nitrogen and oxygen atoms in total. The molecule has 114 valence electrons. The molecule has 1 atom stereocenters. The van der Waals surface area contributed by atoms with Crippen molar-refractivity contribution >= 4 is 6.09 Å². The fourth-order valence-electron chi connectivity index (χ4n) is 1.81. The zero-order valence-corrected chi connectivity index (χ0v) is 13.3. The lowest BCUT2D eigenvalue weighted by molar-refractivity contribution is 0.0508. The van der Waals surface area contributed by atoms with Crippen LogP contribution in [0.25, 0.3) is 0 Å². The molecule has 0 radical (unpaired) electrons. The van der Waals surface area contributed by atoms with E-state index in [9.17, 15) is 4.79 Å². The van der Waals surface area contributed by atoms with Gasteiger partial charge >= 0.3 is 6.09 Å². The fourth-order valence-corrected chi connectivity index (χ4v) is 1.81. The molecule has 0 aliphatic carbocycles. The number of H-pyrrole nitrogens is 1. The van der Waals surface area contributed by atoms with Crippen LogP contribution < -0.4 is 10.6 Å². The zero-order chi connectivity index (χ0) is 15.3. The van der Waals surface area contributed by atoms with Gasteiger partial charge < -0.3 is 15.4 Å². The number of alkyl carbamates (subject to hydrolysis) is 1. The van der Waals surface area contributed by atoms with Gasteiger partial charge in [0, 0.05) is 30.4 Å². The quantitative estimate of drug-likeness (QED) is 0.772. The van der Waals surface area contributed by atoms with Crippen LogP contribution >= 0.6 is 0 Å². The van der Waals surface area contributed by atoms with Gasteiger partial charge in [0.15, 0.2) is 0 Å². The lowest BCUT2D eigenvalue weighted by Crippen LogP contribution is -2.42. The number of amides is 1. The van der Waals surface area contributed by atoms with Gasteiger partial charge in [0.05, 0.1) is 5.69 Å². The average molecular weight is 282 g/mol. The number of hydrogen-bond donors (Lipinski definition) is 3. The van der Waals surface area contributed by atoms with Crippen molar-refractivity contribution in [1.29, 1.82) is 0 Å². The van der Waals surface area contributed by atoms with Crippen LogP contribution in [0, 0.1) is 13.8 Å². The Morgan fingerprint density at radius 1 is 1.40 bits per heavy atom. The van der Waals surface area contributed by atoms with Crippen LogP contribution in [0.5, 0.6) is 0 Å². The number of nitrogens with zero attached hydrogens (tertiary/aromatic N) is 1.